The van der Waals surface area contributed by atoms with Crippen molar-refractivity contribution in [1.29, 1.82) is 0 Å². The van der Waals surface area contributed by atoms with Crippen LogP contribution in [-0.2, 0) is 22.5 Å². The van der Waals surface area contributed by atoms with Crippen molar-refractivity contribution in [2.24, 2.45) is 0 Å². The normalized spacial score (nSPS) is 26.4. The van der Waals surface area contributed by atoms with Gasteiger partial charge in [0.05, 0.1) is 37.8 Å². The minimum absolute atomic E-state index is 0.188. The number of hydrogen-bond acceptors (Lipinski definition) is 4. The van der Waals surface area contributed by atoms with Gasteiger partial charge in [0.15, 0.2) is 0 Å². The lowest BCUT2D eigenvalue weighted by Gasteiger charge is -2.54. The molecule has 1 unspecified atom stereocenters. The van der Waals surface area contributed by atoms with Gasteiger partial charge in [0.2, 0.25) is 5.91 Å². The number of piperazine rings is 1. The fourth-order valence-corrected chi connectivity index (χ4v) is 5.94. The quantitative estimate of drug-likeness (QED) is 0.704. The average molecular weight is 448 g/mol. The second-order valence-electron chi connectivity index (χ2n) is 10.0. The van der Waals surface area contributed by atoms with Gasteiger partial charge in [-0.3, -0.25) is 14.6 Å². The summed E-state index contributed by atoms with van der Waals surface area (Å²) in [4.78, 5) is 21.0. The van der Waals surface area contributed by atoms with E-state index < -0.39 is 0 Å². The highest BCUT2D eigenvalue weighted by atomic mass is 16.5. The molecule has 0 saturated carbocycles. The monoisotopic (exact) mass is 447 g/mol. The number of hydrogen-bond donors (Lipinski definition) is 0. The van der Waals surface area contributed by atoms with Gasteiger partial charge in [0.25, 0.3) is 0 Å². The molecule has 0 N–H and O–H groups in total. The van der Waals surface area contributed by atoms with Crippen LogP contribution in [0.3, 0.4) is 0 Å². The summed E-state index contributed by atoms with van der Waals surface area (Å²) < 4.78 is 6.19. The maximum atomic E-state index is 13.7. The molecule has 3 aliphatic heterocycles. The summed E-state index contributed by atoms with van der Waals surface area (Å²) in [5.41, 5.74) is 4.98. The van der Waals surface area contributed by atoms with Crippen molar-refractivity contribution < 1.29 is 9.53 Å². The van der Waals surface area contributed by atoms with Gasteiger partial charge in [-0.2, -0.15) is 0 Å². The molecule has 3 aliphatic rings. The summed E-state index contributed by atoms with van der Waals surface area (Å²) in [6.45, 7) is 10.5. The molecule has 176 valence electrons. The number of likely N-dealkylation sites (tertiary alicyclic amines) is 1. The molecule has 0 bridgehead atoms. The first-order chi connectivity index (χ1) is 16.1. The lowest BCUT2D eigenvalue weighted by atomic mass is 9.90. The van der Waals surface area contributed by atoms with E-state index in [1.165, 1.54) is 29.5 Å². The number of nitrogens with zero attached hydrogens (tertiary/aromatic N) is 3. The van der Waals surface area contributed by atoms with Crippen LogP contribution >= 0.6 is 0 Å². The van der Waals surface area contributed by atoms with Crippen LogP contribution in [0.15, 0.2) is 48.5 Å². The smallest absolute Gasteiger partial charge is 0.227 e. The van der Waals surface area contributed by atoms with Crippen LogP contribution in [-0.4, -0.2) is 78.1 Å². The van der Waals surface area contributed by atoms with Crippen molar-refractivity contribution in [2.75, 3.05) is 39.4 Å². The molecule has 5 rings (SSSR count). The maximum absolute atomic E-state index is 13.7. The highest BCUT2D eigenvalue weighted by Crippen LogP contribution is 2.31. The molecule has 3 atom stereocenters. The van der Waals surface area contributed by atoms with Gasteiger partial charge >= 0.3 is 0 Å². The van der Waals surface area contributed by atoms with Crippen LogP contribution < -0.4 is 0 Å². The Balaban J connectivity index is 1.39. The largest absolute Gasteiger partial charge is 0.378 e. The van der Waals surface area contributed by atoms with Crippen LogP contribution in [0.4, 0.5) is 0 Å². The molecule has 3 saturated heterocycles. The first kappa shape index (κ1) is 22.6. The lowest BCUT2D eigenvalue weighted by molar-refractivity contribution is -0.153. The van der Waals surface area contributed by atoms with Crippen molar-refractivity contribution in [3.8, 4) is 0 Å². The van der Waals surface area contributed by atoms with Crippen LogP contribution in [0.2, 0.25) is 0 Å². The Kier molecular flexibility index (Phi) is 6.81. The molecule has 5 heteroatoms. The van der Waals surface area contributed by atoms with E-state index in [-0.39, 0.29) is 24.0 Å². The first-order valence-electron chi connectivity index (χ1n) is 12.6. The van der Waals surface area contributed by atoms with Crippen molar-refractivity contribution in [2.45, 2.75) is 57.8 Å². The van der Waals surface area contributed by atoms with Crippen molar-refractivity contribution in [1.82, 2.24) is 14.7 Å². The van der Waals surface area contributed by atoms with Gasteiger partial charge in [0.1, 0.15) is 0 Å². The molecular formula is C28H37N3O2. The fourth-order valence-electron chi connectivity index (χ4n) is 5.94. The molecule has 0 aliphatic carbocycles. The highest BCUT2D eigenvalue weighted by molar-refractivity contribution is 5.79. The summed E-state index contributed by atoms with van der Waals surface area (Å²) in [6, 6.07) is 17.8. The topological polar surface area (TPSA) is 36.0 Å². The summed E-state index contributed by atoms with van der Waals surface area (Å²) >= 11 is 0. The predicted octanol–water partition coefficient (Wildman–Crippen LogP) is 3.42. The van der Waals surface area contributed by atoms with Crippen LogP contribution in [0.1, 0.15) is 35.1 Å². The molecule has 5 nitrogen and oxygen atoms in total. The van der Waals surface area contributed by atoms with Crippen molar-refractivity contribution >= 4 is 5.91 Å². The van der Waals surface area contributed by atoms with Crippen molar-refractivity contribution in [3.63, 3.8) is 0 Å². The Bertz CT molecular complexity index is 957. The molecular weight excluding hydrogens is 410 g/mol. The van der Waals surface area contributed by atoms with Crippen LogP contribution in [0, 0.1) is 13.8 Å². The van der Waals surface area contributed by atoms with E-state index in [0.29, 0.717) is 13.0 Å². The molecule has 3 heterocycles. The van der Waals surface area contributed by atoms with Crippen LogP contribution in [0.25, 0.3) is 0 Å². The van der Waals surface area contributed by atoms with E-state index in [9.17, 15) is 4.79 Å². The third kappa shape index (κ3) is 4.86. The van der Waals surface area contributed by atoms with Gasteiger partial charge in [-0.15, -0.1) is 0 Å². The summed E-state index contributed by atoms with van der Waals surface area (Å²) in [5.74, 6) is 0.263. The molecule has 33 heavy (non-hydrogen) atoms. The SMILES string of the molecule is Cc1ccc(CC(=O)N2CCN(Cc3ccccc3)[C@@H]3COCC(N4CCCC4)[C@H]32)cc1C. The van der Waals surface area contributed by atoms with E-state index in [4.69, 9.17) is 4.74 Å². The summed E-state index contributed by atoms with van der Waals surface area (Å²) in [6.07, 6.45) is 2.98. The van der Waals surface area contributed by atoms with Gasteiger partial charge in [-0.1, -0.05) is 48.5 Å². The van der Waals surface area contributed by atoms with E-state index in [0.717, 1.165) is 44.9 Å². The Morgan fingerprint density at radius 3 is 2.39 bits per heavy atom. The molecule has 0 aromatic heterocycles. The van der Waals surface area contributed by atoms with Crippen LogP contribution in [0.5, 0.6) is 0 Å². The van der Waals surface area contributed by atoms with Gasteiger partial charge in [0, 0.05) is 19.6 Å². The number of carbonyl (C=O) groups excluding carboxylic acids is 1. The summed E-state index contributed by atoms with van der Waals surface area (Å²) in [5, 5.41) is 0. The Morgan fingerprint density at radius 2 is 1.64 bits per heavy atom. The standard InChI is InChI=1S/C28H37N3O2/c1-21-10-11-24(16-22(21)2)17-27(32)31-15-14-30(18-23-8-4-3-5-9-23)26-20-33-19-25(28(26)31)29-12-6-7-13-29/h3-5,8-11,16,25-26,28H,6-7,12-15,17-20H2,1-2H3/t25?,26-,28-/m1/s1. The number of aryl methyl sites for hydroxylation is 2. The zero-order chi connectivity index (χ0) is 22.8. The van der Waals surface area contributed by atoms with E-state index in [2.05, 4.69) is 77.1 Å². The number of amides is 1. The minimum atomic E-state index is 0.188. The van der Waals surface area contributed by atoms with E-state index >= 15 is 0 Å². The number of rotatable bonds is 5. The molecule has 3 fully saturated rings. The highest BCUT2D eigenvalue weighted by Gasteiger charge is 2.47. The third-order valence-electron chi connectivity index (χ3n) is 7.91. The zero-order valence-corrected chi connectivity index (χ0v) is 20.1. The Labute approximate surface area is 198 Å². The van der Waals surface area contributed by atoms with E-state index in [1.807, 2.05) is 0 Å². The molecule has 0 spiro atoms. The zero-order valence-electron chi connectivity index (χ0n) is 20.1. The molecule has 2 aromatic rings. The number of benzene rings is 2. The number of carbonyl (C=O) groups is 1. The Hall–Kier alpha value is -2.21. The second kappa shape index (κ2) is 9.96. The number of fused-ring (bicyclic) bond motifs is 1. The van der Waals surface area contributed by atoms with Gasteiger partial charge in [-0.05, 0) is 62.0 Å². The first-order valence-corrected chi connectivity index (χ1v) is 12.6. The Morgan fingerprint density at radius 1 is 0.879 bits per heavy atom. The molecule has 0 radical (unpaired) electrons. The number of ether oxygens (including phenoxy) is 1. The van der Waals surface area contributed by atoms with Crippen molar-refractivity contribution in [3.05, 3.63) is 70.8 Å². The third-order valence-corrected chi connectivity index (χ3v) is 7.91. The predicted molar refractivity (Wildman–Crippen MR) is 131 cm³/mol. The second-order valence-corrected chi connectivity index (χ2v) is 10.0. The minimum Gasteiger partial charge on any atom is -0.378 e. The van der Waals surface area contributed by atoms with Gasteiger partial charge < -0.3 is 9.64 Å². The van der Waals surface area contributed by atoms with E-state index in [1.54, 1.807) is 0 Å². The fraction of sp³-hybridized carbons (Fsp3) is 0.536. The maximum Gasteiger partial charge on any atom is 0.227 e. The summed E-state index contributed by atoms with van der Waals surface area (Å²) in [7, 11) is 0. The lowest BCUT2D eigenvalue weighted by Crippen LogP contribution is -2.71. The molecule has 1 amide bonds. The van der Waals surface area contributed by atoms with Gasteiger partial charge in [-0.25, -0.2) is 0 Å². The average Bonchev–Trinajstić information content (AvgIpc) is 3.37. The molecule has 2 aromatic carbocycles.